The van der Waals surface area contributed by atoms with Crippen LogP contribution >= 0.6 is 12.4 Å². The Hall–Kier alpha value is -1.67. The maximum atomic E-state index is 12.4. The molecule has 4 N–H and O–H groups in total. The highest BCUT2D eigenvalue weighted by atomic mass is 35.5. The summed E-state index contributed by atoms with van der Waals surface area (Å²) in [5, 5.41) is 20.6. The van der Waals surface area contributed by atoms with Crippen molar-refractivity contribution < 1.29 is 9.72 Å². The summed E-state index contributed by atoms with van der Waals surface area (Å²) >= 11 is 0. The third-order valence-corrected chi connectivity index (χ3v) is 4.50. The largest absolute Gasteiger partial charge is 0.346 e. The molecule has 136 valence electrons. The quantitative estimate of drug-likeness (QED) is 0.508. The van der Waals surface area contributed by atoms with Crippen molar-refractivity contribution in [3.8, 4) is 0 Å². The maximum Gasteiger partial charge on any atom is 0.322 e. The predicted molar refractivity (Wildman–Crippen MR) is 93.4 cm³/mol. The average Bonchev–Trinajstić information content (AvgIpc) is 2.97. The number of carbonyl (C=O) groups excluding carboxylic acids is 1. The van der Waals surface area contributed by atoms with Crippen LogP contribution in [0.1, 0.15) is 61.6 Å². The van der Waals surface area contributed by atoms with Crippen LogP contribution in [0, 0.1) is 16.0 Å². The number of halogens is 1. The molecular formula is C15H26ClN5O3. The van der Waals surface area contributed by atoms with E-state index in [-0.39, 0.29) is 29.8 Å². The summed E-state index contributed by atoms with van der Waals surface area (Å²) in [5.74, 6) is -0.179. The van der Waals surface area contributed by atoms with E-state index in [1.165, 1.54) is 6.42 Å². The first-order valence-electron chi connectivity index (χ1n) is 8.31. The molecule has 1 heterocycles. The van der Waals surface area contributed by atoms with E-state index in [0.717, 1.165) is 32.1 Å². The summed E-state index contributed by atoms with van der Waals surface area (Å²) in [6, 6.07) is -0.159. The molecule has 9 heteroatoms. The molecule has 1 atom stereocenters. The van der Waals surface area contributed by atoms with Crippen molar-refractivity contribution in [2.45, 2.75) is 57.9 Å². The van der Waals surface area contributed by atoms with Crippen molar-refractivity contribution in [3.05, 3.63) is 21.5 Å². The summed E-state index contributed by atoms with van der Waals surface area (Å²) in [4.78, 5) is 23.2. The van der Waals surface area contributed by atoms with Gasteiger partial charge in [0.15, 0.2) is 0 Å². The summed E-state index contributed by atoms with van der Waals surface area (Å²) in [6.07, 6.45) is 6.78. The van der Waals surface area contributed by atoms with Gasteiger partial charge in [-0.15, -0.1) is 12.4 Å². The molecule has 1 aliphatic rings. The van der Waals surface area contributed by atoms with Gasteiger partial charge in [-0.1, -0.05) is 32.6 Å². The number of aryl methyl sites for hydroxylation is 1. The third-order valence-electron chi connectivity index (χ3n) is 4.50. The first-order valence-corrected chi connectivity index (χ1v) is 8.31. The highest BCUT2D eigenvalue weighted by Gasteiger charge is 2.31. The minimum Gasteiger partial charge on any atom is -0.346 e. The smallest absolute Gasteiger partial charge is 0.322 e. The van der Waals surface area contributed by atoms with E-state index in [9.17, 15) is 14.9 Å². The SMILES string of the molecule is CCCc1[nH]nc(C(=O)NC(CN)C2CCCCC2)c1[N+](=O)[O-].Cl. The number of nitrogens with zero attached hydrogens (tertiary/aromatic N) is 2. The van der Waals surface area contributed by atoms with Crippen LogP contribution < -0.4 is 11.1 Å². The van der Waals surface area contributed by atoms with Crippen LogP contribution in [-0.4, -0.2) is 33.6 Å². The lowest BCUT2D eigenvalue weighted by Gasteiger charge is -2.29. The molecule has 0 aromatic carbocycles. The van der Waals surface area contributed by atoms with Gasteiger partial charge in [0.25, 0.3) is 5.91 Å². The minimum atomic E-state index is -0.540. The Kier molecular flexibility index (Phi) is 8.14. The minimum absolute atomic E-state index is 0. The third kappa shape index (κ3) is 4.67. The van der Waals surface area contributed by atoms with Gasteiger partial charge in [-0.25, -0.2) is 0 Å². The van der Waals surface area contributed by atoms with Gasteiger partial charge in [0.1, 0.15) is 5.69 Å². The molecular weight excluding hydrogens is 334 g/mol. The number of aromatic amines is 1. The van der Waals surface area contributed by atoms with Crippen molar-refractivity contribution in [2.24, 2.45) is 11.7 Å². The lowest BCUT2D eigenvalue weighted by Crippen LogP contribution is -2.46. The van der Waals surface area contributed by atoms with Crippen molar-refractivity contribution in [2.75, 3.05) is 6.54 Å². The number of H-pyrrole nitrogens is 1. The molecule has 1 fully saturated rings. The van der Waals surface area contributed by atoms with E-state index >= 15 is 0 Å². The van der Waals surface area contributed by atoms with Gasteiger partial charge in [0.05, 0.1) is 4.92 Å². The summed E-state index contributed by atoms with van der Waals surface area (Å²) < 4.78 is 0. The van der Waals surface area contributed by atoms with Crippen LogP contribution in [-0.2, 0) is 6.42 Å². The van der Waals surface area contributed by atoms with Crippen molar-refractivity contribution in [3.63, 3.8) is 0 Å². The lowest BCUT2D eigenvalue weighted by atomic mass is 9.84. The molecule has 0 saturated heterocycles. The Balaban J connectivity index is 0.00000288. The molecule has 1 aromatic rings. The van der Waals surface area contributed by atoms with E-state index in [4.69, 9.17) is 5.73 Å². The molecule has 1 aliphatic carbocycles. The van der Waals surface area contributed by atoms with Crippen molar-refractivity contribution in [1.29, 1.82) is 0 Å². The zero-order valence-electron chi connectivity index (χ0n) is 13.9. The standard InChI is InChI=1S/C15H25N5O3.ClH/c1-2-6-11-14(20(22)23)13(19-18-11)15(21)17-12(9-16)10-7-4-3-5-8-10;/h10,12H,2-9,16H2,1H3,(H,17,21)(H,18,19);1H. The van der Waals surface area contributed by atoms with E-state index in [2.05, 4.69) is 15.5 Å². The monoisotopic (exact) mass is 359 g/mol. The Morgan fingerprint density at radius 1 is 1.46 bits per heavy atom. The van der Waals surface area contributed by atoms with E-state index < -0.39 is 10.8 Å². The van der Waals surface area contributed by atoms with Crippen LogP contribution in [0.5, 0.6) is 0 Å². The Morgan fingerprint density at radius 2 is 2.12 bits per heavy atom. The first-order chi connectivity index (χ1) is 11.1. The fraction of sp³-hybridized carbons (Fsp3) is 0.733. The highest BCUT2D eigenvalue weighted by Crippen LogP contribution is 2.27. The number of nitrogens with two attached hydrogens (primary N) is 1. The van der Waals surface area contributed by atoms with Crippen LogP contribution in [0.2, 0.25) is 0 Å². The van der Waals surface area contributed by atoms with Gasteiger partial charge in [0, 0.05) is 12.6 Å². The molecule has 0 radical (unpaired) electrons. The lowest BCUT2D eigenvalue weighted by molar-refractivity contribution is -0.385. The normalized spacial score (nSPS) is 16.2. The van der Waals surface area contributed by atoms with Crippen LogP contribution in [0.4, 0.5) is 5.69 Å². The predicted octanol–water partition coefficient (Wildman–Crippen LogP) is 2.33. The van der Waals surface area contributed by atoms with E-state index in [1.807, 2.05) is 6.92 Å². The van der Waals surface area contributed by atoms with Crippen molar-refractivity contribution >= 4 is 24.0 Å². The van der Waals surface area contributed by atoms with Gasteiger partial charge >= 0.3 is 5.69 Å². The van der Waals surface area contributed by atoms with Gasteiger partial charge in [-0.3, -0.25) is 20.0 Å². The molecule has 8 nitrogen and oxygen atoms in total. The van der Waals surface area contributed by atoms with E-state index in [0.29, 0.717) is 24.6 Å². The summed E-state index contributed by atoms with van der Waals surface area (Å²) in [6.45, 7) is 2.24. The fourth-order valence-corrected chi connectivity index (χ4v) is 3.29. The van der Waals surface area contributed by atoms with Gasteiger partial charge in [0.2, 0.25) is 5.69 Å². The molecule has 0 aliphatic heterocycles. The fourth-order valence-electron chi connectivity index (χ4n) is 3.29. The number of nitrogens with one attached hydrogen (secondary N) is 2. The second-order valence-corrected chi connectivity index (χ2v) is 6.12. The maximum absolute atomic E-state index is 12.4. The molecule has 1 amide bonds. The van der Waals surface area contributed by atoms with Crippen molar-refractivity contribution in [1.82, 2.24) is 15.5 Å². The molecule has 1 saturated carbocycles. The number of nitro groups is 1. The Morgan fingerprint density at radius 3 is 2.67 bits per heavy atom. The Bertz CT molecular complexity index is 557. The number of rotatable bonds is 7. The molecule has 0 spiro atoms. The molecule has 1 unspecified atom stereocenters. The second-order valence-electron chi connectivity index (χ2n) is 6.12. The number of carbonyl (C=O) groups is 1. The number of aromatic nitrogens is 2. The number of hydrogen-bond donors (Lipinski definition) is 3. The summed E-state index contributed by atoms with van der Waals surface area (Å²) in [7, 11) is 0. The van der Waals surface area contributed by atoms with Gasteiger partial charge in [-0.05, 0) is 25.2 Å². The second kappa shape index (κ2) is 9.58. The molecule has 2 rings (SSSR count). The summed E-state index contributed by atoms with van der Waals surface area (Å²) in [5.41, 5.74) is 5.83. The highest BCUT2D eigenvalue weighted by molar-refractivity contribution is 5.96. The zero-order valence-corrected chi connectivity index (χ0v) is 14.7. The van der Waals surface area contributed by atoms with Crippen LogP contribution in [0.15, 0.2) is 0 Å². The van der Waals surface area contributed by atoms with Gasteiger partial charge < -0.3 is 11.1 Å². The molecule has 1 aromatic heterocycles. The van der Waals surface area contributed by atoms with Crippen LogP contribution in [0.25, 0.3) is 0 Å². The Labute approximate surface area is 147 Å². The average molecular weight is 360 g/mol. The topological polar surface area (TPSA) is 127 Å². The number of amides is 1. The zero-order chi connectivity index (χ0) is 16.8. The van der Waals surface area contributed by atoms with E-state index in [1.54, 1.807) is 0 Å². The molecule has 24 heavy (non-hydrogen) atoms. The molecule has 0 bridgehead atoms. The number of hydrogen-bond acceptors (Lipinski definition) is 5. The van der Waals surface area contributed by atoms with Crippen LogP contribution in [0.3, 0.4) is 0 Å². The van der Waals surface area contributed by atoms with Gasteiger partial charge in [-0.2, -0.15) is 5.10 Å². The first kappa shape index (κ1) is 20.4.